The molecule has 1 heterocycles. The number of nitrogens with two attached hydrogens (primary N) is 2. The summed E-state index contributed by atoms with van der Waals surface area (Å²) in [6, 6.07) is -3.95. The number of aliphatic carboxylic acids is 1. The largest absolute Gasteiger partial charge is 0.480 e. The van der Waals surface area contributed by atoms with Crippen LogP contribution in [0.5, 0.6) is 0 Å². The first-order chi connectivity index (χ1) is 16.0. The molecule has 194 valence electrons. The van der Waals surface area contributed by atoms with E-state index in [1.165, 1.54) is 6.92 Å². The van der Waals surface area contributed by atoms with Gasteiger partial charge in [-0.3, -0.25) is 19.4 Å². The smallest absolute Gasteiger partial charge is 0.328 e. The van der Waals surface area contributed by atoms with Crippen molar-refractivity contribution < 1.29 is 29.4 Å². The van der Waals surface area contributed by atoms with Crippen LogP contribution >= 0.6 is 0 Å². The molecule has 13 heteroatoms. The summed E-state index contributed by atoms with van der Waals surface area (Å²) >= 11 is 0. The van der Waals surface area contributed by atoms with Gasteiger partial charge in [0.15, 0.2) is 12.0 Å². The number of hydrogen-bond donors (Lipinski definition) is 8. The Labute approximate surface area is 199 Å². The fourth-order valence-corrected chi connectivity index (χ4v) is 3.54. The second kappa shape index (κ2) is 14.4. The van der Waals surface area contributed by atoms with Gasteiger partial charge in [-0.15, -0.1) is 0 Å². The summed E-state index contributed by atoms with van der Waals surface area (Å²) in [5.74, 6) is -3.46. The van der Waals surface area contributed by atoms with E-state index in [1.807, 2.05) is 6.92 Å². The molecule has 13 nitrogen and oxygen atoms in total. The molecule has 0 saturated carbocycles. The Bertz CT molecular complexity index is 735. The second-order valence-electron chi connectivity index (χ2n) is 8.60. The lowest BCUT2D eigenvalue weighted by Crippen LogP contribution is -2.59. The highest BCUT2D eigenvalue weighted by Crippen LogP contribution is 2.11. The Morgan fingerprint density at radius 3 is 2.24 bits per heavy atom. The third-order valence-electron chi connectivity index (χ3n) is 5.79. The van der Waals surface area contributed by atoms with Gasteiger partial charge in [0.05, 0.1) is 12.1 Å². The van der Waals surface area contributed by atoms with Gasteiger partial charge in [0, 0.05) is 6.54 Å². The number of amides is 3. The van der Waals surface area contributed by atoms with Crippen molar-refractivity contribution in [2.24, 2.45) is 22.4 Å². The molecular formula is C21H39N7O6. The van der Waals surface area contributed by atoms with E-state index in [0.717, 1.165) is 6.42 Å². The van der Waals surface area contributed by atoms with Crippen molar-refractivity contribution in [1.82, 2.24) is 21.3 Å². The number of nitrogens with zero attached hydrogens (tertiary/aromatic N) is 1. The van der Waals surface area contributed by atoms with Crippen LogP contribution < -0.4 is 32.7 Å². The summed E-state index contributed by atoms with van der Waals surface area (Å²) in [4.78, 5) is 53.8. The molecule has 34 heavy (non-hydrogen) atoms. The fraction of sp³-hybridized carbons (Fsp3) is 0.762. The van der Waals surface area contributed by atoms with E-state index < -0.39 is 48.1 Å². The maximum Gasteiger partial charge on any atom is 0.328 e. The molecule has 6 unspecified atom stereocenters. The maximum absolute atomic E-state index is 13.1. The average molecular weight is 486 g/mol. The van der Waals surface area contributed by atoms with Crippen molar-refractivity contribution in [1.29, 1.82) is 0 Å². The molecule has 10 N–H and O–H groups in total. The van der Waals surface area contributed by atoms with E-state index >= 15 is 0 Å². The quantitative estimate of drug-likeness (QED) is 0.0755. The summed E-state index contributed by atoms with van der Waals surface area (Å²) in [7, 11) is 0. The average Bonchev–Trinajstić information content (AvgIpc) is 3.31. The van der Waals surface area contributed by atoms with Gasteiger partial charge in [-0.25, -0.2) is 4.79 Å². The number of carbonyl (C=O) groups is 4. The lowest BCUT2D eigenvalue weighted by atomic mass is 9.96. The molecule has 3 amide bonds. The Morgan fingerprint density at radius 2 is 1.74 bits per heavy atom. The summed E-state index contributed by atoms with van der Waals surface area (Å²) in [6.07, 6.45) is 1.31. The molecular weight excluding hydrogens is 446 g/mol. The lowest BCUT2D eigenvalue weighted by molar-refractivity contribution is -0.145. The molecule has 0 bridgehead atoms. The van der Waals surface area contributed by atoms with Crippen LogP contribution in [0, 0.1) is 5.92 Å². The van der Waals surface area contributed by atoms with Gasteiger partial charge in [-0.2, -0.15) is 0 Å². The molecule has 0 spiro atoms. The number of guanidine groups is 1. The van der Waals surface area contributed by atoms with E-state index in [1.54, 1.807) is 6.92 Å². The van der Waals surface area contributed by atoms with Crippen molar-refractivity contribution in [3.05, 3.63) is 0 Å². The zero-order valence-electron chi connectivity index (χ0n) is 20.0. The van der Waals surface area contributed by atoms with Crippen LogP contribution in [0.2, 0.25) is 0 Å². The van der Waals surface area contributed by atoms with Gasteiger partial charge >= 0.3 is 5.97 Å². The summed E-state index contributed by atoms with van der Waals surface area (Å²) in [5.41, 5.74) is 10.7. The third-order valence-corrected chi connectivity index (χ3v) is 5.79. The molecule has 0 aliphatic carbocycles. The predicted octanol–water partition coefficient (Wildman–Crippen LogP) is -2.24. The first-order valence-electron chi connectivity index (χ1n) is 11.6. The molecule has 0 aromatic rings. The molecule has 1 aliphatic rings. The number of carboxylic acid groups (broad SMARTS) is 1. The minimum atomic E-state index is -1.53. The van der Waals surface area contributed by atoms with Gasteiger partial charge < -0.3 is 42.9 Å². The molecule has 0 radical (unpaired) electrons. The first kappa shape index (κ1) is 29.1. The number of hydrogen-bond acceptors (Lipinski definition) is 7. The normalized spacial score (nSPS) is 19.7. The molecule has 6 atom stereocenters. The van der Waals surface area contributed by atoms with Gasteiger partial charge in [0.1, 0.15) is 12.1 Å². The number of nitrogens with one attached hydrogen (secondary N) is 4. The standard InChI is InChI=1S/C21H39N7O6/c1-4-11(2)15(19(32)28-16(12(3)29)20(33)34)27-18(31)14(8-6-10-25-21(22)23)26-17(30)13-7-5-9-24-13/h11-16,24,29H,4-10H2,1-3H3,(H,26,30)(H,27,31)(H,28,32)(H,33,34)(H4,22,23,25). The van der Waals surface area contributed by atoms with Crippen LogP contribution in [0.25, 0.3) is 0 Å². The van der Waals surface area contributed by atoms with Gasteiger partial charge in [0.25, 0.3) is 0 Å². The maximum atomic E-state index is 13.1. The lowest BCUT2D eigenvalue weighted by Gasteiger charge is -2.28. The van der Waals surface area contributed by atoms with Crippen LogP contribution in [0.4, 0.5) is 0 Å². The van der Waals surface area contributed by atoms with Crippen molar-refractivity contribution in [2.75, 3.05) is 13.1 Å². The molecule has 1 aliphatic heterocycles. The molecule has 1 rings (SSSR count). The zero-order chi connectivity index (χ0) is 25.8. The minimum absolute atomic E-state index is 0.0835. The minimum Gasteiger partial charge on any atom is -0.480 e. The van der Waals surface area contributed by atoms with E-state index in [2.05, 4.69) is 26.3 Å². The highest BCUT2D eigenvalue weighted by atomic mass is 16.4. The van der Waals surface area contributed by atoms with Crippen molar-refractivity contribution in [3.63, 3.8) is 0 Å². The van der Waals surface area contributed by atoms with Crippen molar-refractivity contribution >= 4 is 29.7 Å². The van der Waals surface area contributed by atoms with E-state index in [-0.39, 0.29) is 30.8 Å². The Morgan fingerprint density at radius 1 is 1.09 bits per heavy atom. The van der Waals surface area contributed by atoms with E-state index in [0.29, 0.717) is 25.8 Å². The van der Waals surface area contributed by atoms with Gasteiger partial charge in [-0.05, 0) is 45.1 Å². The monoisotopic (exact) mass is 485 g/mol. The van der Waals surface area contributed by atoms with E-state index in [9.17, 15) is 29.4 Å². The van der Waals surface area contributed by atoms with E-state index in [4.69, 9.17) is 11.5 Å². The topological polar surface area (TPSA) is 221 Å². The SMILES string of the molecule is CCC(C)C(NC(=O)C(CCCN=C(N)N)NC(=O)C1CCCN1)C(=O)NC(C(=O)O)C(C)O. The third kappa shape index (κ3) is 9.51. The number of aliphatic hydroxyl groups excluding tert-OH is 1. The molecule has 0 aromatic heterocycles. The number of aliphatic hydroxyl groups is 1. The van der Waals surface area contributed by atoms with Crippen LogP contribution in [0.15, 0.2) is 4.99 Å². The summed E-state index contributed by atoms with van der Waals surface area (Å²) in [6.45, 7) is 5.77. The van der Waals surface area contributed by atoms with Gasteiger partial charge in [-0.1, -0.05) is 20.3 Å². The summed E-state index contributed by atoms with van der Waals surface area (Å²) in [5, 5.41) is 29.7. The fourth-order valence-electron chi connectivity index (χ4n) is 3.54. The van der Waals surface area contributed by atoms with Crippen molar-refractivity contribution in [3.8, 4) is 0 Å². The summed E-state index contributed by atoms with van der Waals surface area (Å²) < 4.78 is 0. The number of rotatable bonds is 14. The van der Waals surface area contributed by atoms with Gasteiger partial charge in [0.2, 0.25) is 17.7 Å². The molecule has 1 saturated heterocycles. The number of aliphatic imine (C=N–C) groups is 1. The molecule has 0 aromatic carbocycles. The highest BCUT2D eigenvalue weighted by molar-refractivity contribution is 5.94. The first-order valence-corrected chi connectivity index (χ1v) is 11.6. The van der Waals surface area contributed by atoms with Crippen LogP contribution in [0.1, 0.15) is 52.9 Å². The highest BCUT2D eigenvalue weighted by Gasteiger charge is 2.34. The number of carboxylic acids is 1. The Hall–Kier alpha value is -2.93. The number of carbonyl (C=O) groups excluding carboxylic acids is 3. The van der Waals surface area contributed by atoms with Crippen LogP contribution in [0.3, 0.4) is 0 Å². The van der Waals surface area contributed by atoms with Crippen LogP contribution in [-0.4, -0.2) is 83.2 Å². The molecule has 1 fully saturated rings. The predicted molar refractivity (Wildman–Crippen MR) is 125 cm³/mol. The van der Waals surface area contributed by atoms with Crippen LogP contribution in [-0.2, 0) is 19.2 Å². The Kier molecular flexibility index (Phi) is 12.3. The van der Waals surface area contributed by atoms with Crippen molar-refractivity contribution in [2.45, 2.75) is 83.1 Å². The Balaban J connectivity index is 2.97. The second-order valence-corrected chi connectivity index (χ2v) is 8.60. The zero-order valence-corrected chi connectivity index (χ0v) is 20.0.